The zero-order valence-electron chi connectivity index (χ0n) is 11.5. The lowest BCUT2D eigenvalue weighted by Crippen LogP contribution is -2.31. The van der Waals surface area contributed by atoms with Gasteiger partial charge in [0, 0.05) is 25.7 Å². The van der Waals surface area contributed by atoms with Gasteiger partial charge in [-0.3, -0.25) is 4.68 Å². The zero-order valence-corrected chi connectivity index (χ0v) is 11.5. The van der Waals surface area contributed by atoms with Crippen LogP contribution in [-0.2, 0) is 13.5 Å². The standard InChI is InChI=1S/C13H22F3N3/c1-3-8-17-12(6-7-13(14,15)16)5-4-11-9-18-19(2)10-11/h9-10,12,17H,3-8H2,1-2H3. The largest absolute Gasteiger partial charge is 0.389 e. The highest BCUT2D eigenvalue weighted by atomic mass is 19.4. The molecule has 6 heteroatoms. The molecule has 110 valence electrons. The molecule has 1 N–H and O–H groups in total. The first kappa shape index (κ1) is 16.0. The minimum Gasteiger partial charge on any atom is -0.314 e. The Morgan fingerprint density at radius 1 is 1.37 bits per heavy atom. The molecule has 0 spiro atoms. The molecule has 0 saturated carbocycles. The summed E-state index contributed by atoms with van der Waals surface area (Å²) in [5.74, 6) is 0. The summed E-state index contributed by atoms with van der Waals surface area (Å²) in [6.45, 7) is 2.77. The van der Waals surface area contributed by atoms with Crippen molar-refractivity contribution in [1.82, 2.24) is 15.1 Å². The van der Waals surface area contributed by atoms with Crippen molar-refractivity contribution in [2.75, 3.05) is 6.54 Å². The third-order valence-electron chi connectivity index (χ3n) is 3.00. The molecule has 1 unspecified atom stereocenters. The predicted octanol–water partition coefficient (Wildman–Crippen LogP) is 3.06. The van der Waals surface area contributed by atoms with Crippen LogP contribution < -0.4 is 5.32 Å². The lowest BCUT2D eigenvalue weighted by Gasteiger charge is -2.19. The smallest absolute Gasteiger partial charge is 0.314 e. The van der Waals surface area contributed by atoms with Crippen LogP contribution in [0.5, 0.6) is 0 Å². The van der Waals surface area contributed by atoms with E-state index >= 15 is 0 Å². The van der Waals surface area contributed by atoms with Crippen molar-refractivity contribution in [3.63, 3.8) is 0 Å². The van der Waals surface area contributed by atoms with Gasteiger partial charge in [0.15, 0.2) is 0 Å². The van der Waals surface area contributed by atoms with Gasteiger partial charge in [-0.15, -0.1) is 0 Å². The molecule has 0 fully saturated rings. The van der Waals surface area contributed by atoms with E-state index in [2.05, 4.69) is 10.4 Å². The average Bonchev–Trinajstić information content (AvgIpc) is 2.73. The van der Waals surface area contributed by atoms with Crippen LogP contribution >= 0.6 is 0 Å². The molecule has 0 aromatic carbocycles. The number of alkyl halides is 3. The van der Waals surface area contributed by atoms with E-state index in [0.717, 1.165) is 24.9 Å². The minimum atomic E-state index is -4.07. The third-order valence-corrected chi connectivity index (χ3v) is 3.00. The third kappa shape index (κ3) is 7.20. The van der Waals surface area contributed by atoms with Crippen LogP contribution in [0.2, 0.25) is 0 Å². The van der Waals surface area contributed by atoms with E-state index < -0.39 is 12.6 Å². The molecule has 3 nitrogen and oxygen atoms in total. The molecule has 1 rings (SSSR count). The Hall–Kier alpha value is -1.04. The molecule has 0 aliphatic heterocycles. The Bertz CT molecular complexity index is 360. The van der Waals surface area contributed by atoms with Crippen LogP contribution in [0, 0.1) is 0 Å². The molecule has 1 aromatic heterocycles. The van der Waals surface area contributed by atoms with Gasteiger partial charge >= 0.3 is 6.18 Å². The summed E-state index contributed by atoms with van der Waals surface area (Å²) in [4.78, 5) is 0. The summed E-state index contributed by atoms with van der Waals surface area (Å²) < 4.78 is 38.5. The van der Waals surface area contributed by atoms with E-state index in [1.54, 1.807) is 10.9 Å². The molecule has 0 aliphatic carbocycles. The molecule has 0 aliphatic rings. The predicted molar refractivity (Wildman–Crippen MR) is 68.9 cm³/mol. The van der Waals surface area contributed by atoms with E-state index in [0.29, 0.717) is 6.42 Å². The van der Waals surface area contributed by atoms with Crippen molar-refractivity contribution in [3.05, 3.63) is 18.0 Å². The fourth-order valence-corrected chi connectivity index (χ4v) is 1.98. The first-order valence-electron chi connectivity index (χ1n) is 6.68. The molecule has 0 saturated heterocycles. The van der Waals surface area contributed by atoms with Gasteiger partial charge in [0.2, 0.25) is 0 Å². The Morgan fingerprint density at radius 2 is 2.11 bits per heavy atom. The highest BCUT2D eigenvalue weighted by Gasteiger charge is 2.28. The quantitative estimate of drug-likeness (QED) is 0.791. The minimum absolute atomic E-state index is 0.0817. The molecule has 0 amide bonds. The van der Waals surface area contributed by atoms with E-state index in [4.69, 9.17) is 0 Å². The number of hydrogen-bond acceptors (Lipinski definition) is 2. The van der Waals surface area contributed by atoms with Crippen LogP contribution in [0.3, 0.4) is 0 Å². The summed E-state index contributed by atoms with van der Waals surface area (Å²) in [5.41, 5.74) is 1.07. The Kier molecular flexibility index (Phi) is 6.34. The van der Waals surface area contributed by atoms with Gasteiger partial charge < -0.3 is 5.32 Å². The van der Waals surface area contributed by atoms with Gasteiger partial charge in [-0.2, -0.15) is 18.3 Å². The van der Waals surface area contributed by atoms with Gasteiger partial charge in [-0.05, 0) is 37.8 Å². The fourth-order valence-electron chi connectivity index (χ4n) is 1.98. The van der Waals surface area contributed by atoms with Crippen LogP contribution in [0.4, 0.5) is 13.2 Å². The average molecular weight is 277 g/mol. The Balaban J connectivity index is 2.40. The lowest BCUT2D eigenvalue weighted by molar-refractivity contribution is -0.136. The maximum Gasteiger partial charge on any atom is 0.389 e. The number of hydrogen-bond donors (Lipinski definition) is 1. The maximum absolute atomic E-state index is 12.3. The highest BCUT2D eigenvalue weighted by molar-refractivity contribution is 5.03. The Labute approximate surface area is 112 Å². The second-order valence-electron chi connectivity index (χ2n) is 4.87. The molecule has 1 aromatic rings. The topological polar surface area (TPSA) is 29.9 Å². The maximum atomic E-state index is 12.3. The first-order chi connectivity index (χ1) is 8.90. The van der Waals surface area contributed by atoms with Crippen LogP contribution in [0.15, 0.2) is 12.4 Å². The van der Waals surface area contributed by atoms with Crippen molar-refractivity contribution < 1.29 is 13.2 Å². The molecular weight excluding hydrogens is 255 g/mol. The molecule has 1 atom stereocenters. The second-order valence-corrected chi connectivity index (χ2v) is 4.87. The number of aromatic nitrogens is 2. The van der Waals surface area contributed by atoms with Gasteiger partial charge in [-0.1, -0.05) is 6.92 Å². The Morgan fingerprint density at radius 3 is 2.63 bits per heavy atom. The molecule has 0 radical (unpaired) electrons. The summed E-state index contributed by atoms with van der Waals surface area (Å²) >= 11 is 0. The molecule has 19 heavy (non-hydrogen) atoms. The molecular formula is C13H22F3N3. The monoisotopic (exact) mass is 277 g/mol. The number of aryl methyl sites for hydroxylation is 2. The second kappa shape index (κ2) is 7.53. The zero-order chi connectivity index (χ0) is 14.3. The first-order valence-corrected chi connectivity index (χ1v) is 6.68. The SMILES string of the molecule is CCCNC(CCc1cnn(C)c1)CCC(F)(F)F. The number of halogens is 3. The lowest BCUT2D eigenvalue weighted by atomic mass is 10.0. The summed E-state index contributed by atoms with van der Waals surface area (Å²) in [7, 11) is 1.83. The number of nitrogens with one attached hydrogen (secondary N) is 1. The van der Waals surface area contributed by atoms with E-state index in [9.17, 15) is 13.2 Å². The van der Waals surface area contributed by atoms with Gasteiger partial charge in [0.25, 0.3) is 0 Å². The number of nitrogens with zero attached hydrogens (tertiary/aromatic N) is 2. The van der Waals surface area contributed by atoms with E-state index in [-0.39, 0.29) is 12.5 Å². The van der Waals surface area contributed by atoms with Crippen LogP contribution in [0.25, 0.3) is 0 Å². The summed E-state index contributed by atoms with van der Waals surface area (Å²) in [6, 6.07) is -0.0817. The molecule has 1 heterocycles. The fraction of sp³-hybridized carbons (Fsp3) is 0.769. The van der Waals surface area contributed by atoms with E-state index in [1.807, 2.05) is 20.2 Å². The van der Waals surface area contributed by atoms with Crippen molar-refractivity contribution in [3.8, 4) is 0 Å². The van der Waals surface area contributed by atoms with Gasteiger partial charge in [0.05, 0.1) is 6.20 Å². The van der Waals surface area contributed by atoms with Crippen molar-refractivity contribution in [1.29, 1.82) is 0 Å². The van der Waals surface area contributed by atoms with E-state index in [1.165, 1.54) is 0 Å². The van der Waals surface area contributed by atoms with Gasteiger partial charge in [-0.25, -0.2) is 0 Å². The van der Waals surface area contributed by atoms with Crippen molar-refractivity contribution in [2.24, 2.45) is 7.05 Å². The van der Waals surface area contributed by atoms with Crippen molar-refractivity contribution in [2.45, 2.75) is 51.2 Å². The number of rotatable bonds is 8. The van der Waals surface area contributed by atoms with Crippen LogP contribution in [0.1, 0.15) is 38.2 Å². The summed E-state index contributed by atoms with van der Waals surface area (Å²) in [6.07, 6.45) is 1.41. The molecule has 0 bridgehead atoms. The highest BCUT2D eigenvalue weighted by Crippen LogP contribution is 2.23. The van der Waals surface area contributed by atoms with Crippen molar-refractivity contribution >= 4 is 0 Å². The normalized spacial score (nSPS) is 13.7. The summed E-state index contributed by atoms with van der Waals surface area (Å²) in [5, 5.41) is 7.25. The van der Waals surface area contributed by atoms with Crippen LogP contribution in [-0.4, -0.2) is 28.5 Å². The van der Waals surface area contributed by atoms with Gasteiger partial charge in [0.1, 0.15) is 0 Å².